The van der Waals surface area contributed by atoms with Crippen molar-refractivity contribution >= 4 is 63.6 Å². The molecular weight excluding hydrogens is 582 g/mol. The van der Waals surface area contributed by atoms with Crippen LogP contribution in [0.25, 0.3) is 0 Å². The third-order valence-corrected chi connectivity index (χ3v) is 8.83. The van der Waals surface area contributed by atoms with E-state index in [1.807, 2.05) is 30.1 Å². The van der Waals surface area contributed by atoms with Crippen LogP contribution in [0.15, 0.2) is 39.5 Å². The molecular formula is C24H29FN7O5S3+. The predicted octanol–water partition coefficient (Wildman–Crippen LogP) is 2.47. The van der Waals surface area contributed by atoms with Gasteiger partial charge in [-0.1, -0.05) is 11.2 Å². The summed E-state index contributed by atoms with van der Waals surface area (Å²) in [6.07, 6.45) is 3.24. The number of rotatable bonds is 11. The zero-order valence-electron chi connectivity index (χ0n) is 22.0. The number of alkyl halides is 1. The molecule has 2 aromatic heterocycles. The zero-order valence-corrected chi connectivity index (χ0v) is 24.5. The van der Waals surface area contributed by atoms with Gasteiger partial charge in [-0.25, -0.2) is 19.2 Å². The summed E-state index contributed by atoms with van der Waals surface area (Å²) in [5, 5.41) is 4.91. The quantitative estimate of drug-likeness (QED) is 0.169. The number of amides is 2. The van der Waals surface area contributed by atoms with E-state index in [2.05, 4.69) is 29.2 Å². The van der Waals surface area contributed by atoms with Crippen LogP contribution in [-0.4, -0.2) is 81.7 Å². The summed E-state index contributed by atoms with van der Waals surface area (Å²) in [5.41, 5.74) is 11.1. The van der Waals surface area contributed by atoms with Gasteiger partial charge in [0.2, 0.25) is 5.91 Å². The van der Waals surface area contributed by atoms with Gasteiger partial charge >= 0.3 is 5.97 Å². The number of anilines is 1. The monoisotopic (exact) mass is 610 g/mol. The summed E-state index contributed by atoms with van der Waals surface area (Å²) in [5.74, 6) is -1.47. The van der Waals surface area contributed by atoms with Crippen LogP contribution in [0.2, 0.25) is 0 Å². The number of oxime groups is 1. The van der Waals surface area contributed by atoms with Crippen molar-refractivity contribution in [2.24, 2.45) is 5.16 Å². The summed E-state index contributed by atoms with van der Waals surface area (Å²) in [4.78, 5) is 57.8. The van der Waals surface area contributed by atoms with Gasteiger partial charge in [0.15, 0.2) is 17.9 Å². The van der Waals surface area contributed by atoms with Crippen LogP contribution in [0.1, 0.15) is 28.9 Å². The number of hydrogen-bond acceptors (Lipinski definition) is 12. The molecule has 1 saturated heterocycles. The summed E-state index contributed by atoms with van der Waals surface area (Å²) >= 11 is 4.27. The van der Waals surface area contributed by atoms with Gasteiger partial charge in [0.05, 0.1) is 54.2 Å². The number of allylic oxidation sites excluding steroid dienone is 1. The van der Waals surface area contributed by atoms with Crippen LogP contribution in [0.3, 0.4) is 0 Å². The highest BCUT2D eigenvalue weighted by atomic mass is 32.2. The molecule has 2 aliphatic heterocycles. The summed E-state index contributed by atoms with van der Waals surface area (Å²) in [6, 6.07) is 0. The molecule has 4 heterocycles. The highest BCUT2D eigenvalue weighted by Gasteiger charge is 2.45. The second kappa shape index (κ2) is 12.9. The molecule has 0 aromatic carbocycles. The standard InChI is InChI=1S/C24H28FN7O5S3/c1-14-18(40-13-27-14)9-32(2,3)6-4-5-15-11-38-21-7-20(34)31(21)22(15)23(35)37-30-19(33)8-28-36-10-16(25)17-12-39-24(26)29-17/h4-5,8,12-13,16,21H,6-7,9-11H2,1-3H3,(H2-,26,29,30,33)/p+1/b5-4+,28-8-/t16?,21-/m0/s1. The first kappa shape index (κ1) is 29.6. The molecule has 0 aliphatic carbocycles. The number of hydrogen-bond donors (Lipinski definition) is 2. The van der Waals surface area contributed by atoms with Crippen LogP contribution < -0.4 is 11.2 Å². The Balaban J connectivity index is 1.33. The van der Waals surface area contributed by atoms with E-state index in [1.54, 1.807) is 23.1 Å². The Morgan fingerprint density at radius 3 is 2.88 bits per heavy atom. The van der Waals surface area contributed by atoms with Crippen LogP contribution in [0, 0.1) is 6.92 Å². The number of carbonyl (C=O) groups excluding carboxylic acids is 3. The van der Waals surface area contributed by atoms with Crippen LogP contribution in [0.5, 0.6) is 0 Å². The first-order valence-electron chi connectivity index (χ1n) is 12.1. The molecule has 0 radical (unpaired) electrons. The zero-order chi connectivity index (χ0) is 28.9. The van der Waals surface area contributed by atoms with Gasteiger partial charge in [-0.15, -0.1) is 34.4 Å². The average Bonchev–Trinajstić information content (AvgIpc) is 3.52. The first-order chi connectivity index (χ1) is 19.0. The fourth-order valence-corrected chi connectivity index (χ4v) is 6.68. The number of aryl methyl sites for hydroxylation is 1. The number of nitrogens with one attached hydrogen (secondary N) is 1. The van der Waals surface area contributed by atoms with Crippen LogP contribution in [0.4, 0.5) is 9.52 Å². The lowest BCUT2D eigenvalue weighted by molar-refractivity contribution is -0.897. The number of fused-ring (bicyclic) bond motifs is 1. The fraction of sp³-hybridized carbons (Fsp3) is 0.417. The topological polar surface area (TPSA) is 149 Å². The third kappa shape index (κ3) is 7.44. The lowest BCUT2D eigenvalue weighted by atomic mass is 10.1. The van der Waals surface area contributed by atoms with E-state index in [0.717, 1.165) is 23.6 Å². The average molecular weight is 611 g/mol. The Hall–Kier alpha value is -3.34. The first-order valence-corrected chi connectivity index (χ1v) is 14.9. The number of carbonyl (C=O) groups is 3. The van der Waals surface area contributed by atoms with Crippen molar-refractivity contribution in [1.29, 1.82) is 0 Å². The molecule has 12 nitrogen and oxygen atoms in total. The Labute approximate surface area is 242 Å². The molecule has 3 N–H and O–H groups in total. The largest absolute Gasteiger partial charge is 0.392 e. The number of quaternary nitrogens is 1. The van der Waals surface area contributed by atoms with Crippen molar-refractivity contribution < 1.29 is 32.9 Å². The maximum atomic E-state index is 14.0. The molecule has 214 valence electrons. The van der Waals surface area contributed by atoms with E-state index in [4.69, 9.17) is 15.4 Å². The van der Waals surface area contributed by atoms with Gasteiger partial charge in [0, 0.05) is 11.1 Å². The molecule has 2 aliphatic rings. The van der Waals surface area contributed by atoms with Crippen molar-refractivity contribution in [3.05, 3.63) is 50.6 Å². The highest BCUT2D eigenvalue weighted by molar-refractivity contribution is 8.00. The van der Waals surface area contributed by atoms with E-state index in [1.165, 1.54) is 15.2 Å². The number of nitrogens with zero attached hydrogens (tertiary/aromatic N) is 5. The maximum Gasteiger partial charge on any atom is 0.379 e. The number of thiazole rings is 2. The van der Waals surface area contributed by atoms with Gasteiger partial charge in [-0.3, -0.25) is 14.5 Å². The van der Waals surface area contributed by atoms with Gasteiger partial charge in [-0.05, 0) is 18.6 Å². The summed E-state index contributed by atoms with van der Waals surface area (Å²) < 4.78 is 14.7. The van der Waals surface area contributed by atoms with Crippen molar-refractivity contribution in [1.82, 2.24) is 20.3 Å². The number of aromatic nitrogens is 2. The molecule has 1 unspecified atom stereocenters. The highest BCUT2D eigenvalue weighted by Crippen LogP contribution is 2.40. The van der Waals surface area contributed by atoms with Crippen molar-refractivity contribution in [2.45, 2.75) is 31.4 Å². The number of halogens is 1. The summed E-state index contributed by atoms with van der Waals surface area (Å²) in [7, 11) is 4.20. The van der Waals surface area contributed by atoms with Crippen molar-refractivity contribution in [3.8, 4) is 0 Å². The lowest BCUT2D eigenvalue weighted by Crippen LogP contribution is -2.54. The molecule has 0 bridgehead atoms. The van der Waals surface area contributed by atoms with E-state index in [9.17, 15) is 18.8 Å². The summed E-state index contributed by atoms with van der Waals surface area (Å²) in [6.45, 7) is 2.99. The molecule has 0 saturated carbocycles. The number of nitrogens with two attached hydrogens (primary N) is 1. The van der Waals surface area contributed by atoms with Gasteiger partial charge in [-0.2, -0.15) is 5.48 Å². The third-order valence-electron chi connectivity index (χ3n) is 5.98. The Morgan fingerprint density at radius 1 is 1.40 bits per heavy atom. The Bertz CT molecular complexity index is 1360. The van der Waals surface area contributed by atoms with Crippen LogP contribution >= 0.6 is 34.4 Å². The minimum absolute atomic E-state index is 0.0937. The predicted molar refractivity (Wildman–Crippen MR) is 150 cm³/mol. The van der Waals surface area contributed by atoms with Crippen molar-refractivity contribution in [3.63, 3.8) is 0 Å². The van der Waals surface area contributed by atoms with Crippen molar-refractivity contribution in [2.75, 3.05) is 38.7 Å². The molecule has 2 aromatic rings. The number of β-lactam (4-membered cyclic amide) rings is 1. The number of nitrogen functional groups attached to an aromatic ring is 1. The van der Waals surface area contributed by atoms with Gasteiger partial charge in [0.1, 0.15) is 18.5 Å². The SMILES string of the molecule is Cc1ncsc1C[N+](C)(C)C/C=C/C1=C(C(=O)ONC(=O)/C=N\OCC(F)c2csc(N)n2)N2C(=O)C[C@@H]2SC1. The lowest BCUT2D eigenvalue weighted by Gasteiger charge is -2.43. The normalized spacial score (nSPS) is 18.1. The second-order valence-corrected chi connectivity index (χ2v) is 12.6. The Morgan fingerprint density at radius 2 is 2.20 bits per heavy atom. The van der Waals surface area contributed by atoms with Gasteiger partial charge in [0.25, 0.3) is 5.91 Å². The number of hydroxylamine groups is 1. The number of likely N-dealkylation sites (N-methyl/N-ethyl adjacent to an activating group) is 1. The van der Waals surface area contributed by atoms with E-state index in [0.29, 0.717) is 35.0 Å². The molecule has 1 fully saturated rings. The molecule has 2 amide bonds. The Kier molecular flexibility index (Phi) is 9.55. The molecule has 0 spiro atoms. The maximum absolute atomic E-state index is 14.0. The molecule has 4 rings (SSSR count). The van der Waals surface area contributed by atoms with Gasteiger partial charge < -0.3 is 19.9 Å². The fourth-order valence-electron chi connectivity index (χ4n) is 3.86. The minimum atomic E-state index is -1.57. The van der Waals surface area contributed by atoms with E-state index < -0.39 is 24.7 Å². The minimum Gasteiger partial charge on any atom is -0.392 e. The molecule has 2 atom stereocenters. The molecule has 16 heteroatoms. The van der Waals surface area contributed by atoms with E-state index in [-0.39, 0.29) is 27.8 Å². The van der Waals surface area contributed by atoms with Crippen LogP contribution in [-0.2, 0) is 30.6 Å². The number of thioether (sulfide) groups is 1. The molecule has 40 heavy (non-hydrogen) atoms. The smallest absolute Gasteiger partial charge is 0.379 e. The van der Waals surface area contributed by atoms with E-state index >= 15 is 0 Å². The second-order valence-electron chi connectivity index (χ2n) is 9.61.